The van der Waals surface area contributed by atoms with Gasteiger partial charge < -0.3 is 4.90 Å². The summed E-state index contributed by atoms with van der Waals surface area (Å²) in [5.41, 5.74) is 18.4. The van der Waals surface area contributed by atoms with Gasteiger partial charge in [-0.25, -0.2) is 0 Å². The summed E-state index contributed by atoms with van der Waals surface area (Å²) in [6.07, 6.45) is 7.94. The van der Waals surface area contributed by atoms with Crippen LogP contribution in [0.1, 0.15) is 113 Å². The Morgan fingerprint density at radius 1 is 0.517 bits per heavy atom. The predicted octanol–water partition coefficient (Wildman–Crippen LogP) is 15.3. The lowest BCUT2D eigenvalue weighted by atomic mass is 9.57. The van der Waals surface area contributed by atoms with Gasteiger partial charge in [0.25, 0.3) is 0 Å². The Hall–Kier alpha value is -4.53. The molecule has 1 aliphatic heterocycles. The van der Waals surface area contributed by atoms with Gasteiger partial charge in [0, 0.05) is 31.9 Å². The lowest BCUT2D eigenvalue weighted by Gasteiger charge is -2.50. The second-order valence-electron chi connectivity index (χ2n) is 20.8. The summed E-state index contributed by atoms with van der Waals surface area (Å²) in [6, 6.07) is 50.1. The minimum absolute atomic E-state index is 0.0204. The Labute approximate surface area is 350 Å². The molecule has 6 aromatic rings. The van der Waals surface area contributed by atoms with Crippen molar-refractivity contribution in [2.75, 3.05) is 4.90 Å². The summed E-state index contributed by atoms with van der Waals surface area (Å²) < 4.78 is 0. The molecule has 13 rings (SSSR count). The second kappa shape index (κ2) is 12.0. The molecular weight excluding hydrogens is 719 g/mol. The number of nitrogens with zero attached hydrogens (tertiary/aromatic N) is 1. The SMILES string of the molecule is CC1(C)CCC(C)(C)c2c(N(c3ccc4c(c3)C(C)(C)c3ccccc3-4)c3cc4c(cc3-c3ccccc3)Sc3ccccc3C43C4CC5CC(C4)C3C5)cccc21. The molecule has 4 bridgehead atoms. The number of hydrogen-bond acceptors (Lipinski definition) is 2. The zero-order valence-electron chi connectivity index (χ0n) is 35.0. The molecule has 4 saturated carbocycles. The highest BCUT2D eigenvalue weighted by Crippen LogP contribution is 2.73. The maximum absolute atomic E-state index is 2.75. The first-order chi connectivity index (χ1) is 28.0. The summed E-state index contributed by atoms with van der Waals surface area (Å²) in [7, 11) is 0. The molecule has 0 saturated heterocycles. The fourth-order valence-electron chi connectivity index (χ4n) is 13.9. The minimum atomic E-state index is -0.102. The first kappa shape index (κ1) is 35.4. The predicted molar refractivity (Wildman–Crippen MR) is 243 cm³/mol. The van der Waals surface area contributed by atoms with Crippen molar-refractivity contribution in [2.24, 2.45) is 23.7 Å². The molecule has 0 N–H and O–H groups in total. The fraction of sp³-hybridized carbons (Fsp3) is 0.357. The second-order valence-corrected chi connectivity index (χ2v) is 21.9. The highest BCUT2D eigenvalue weighted by atomic mass is 32.2. The molecule has 4 fully saturated rings. The van der Waals surface area contributed by atoms with E-state index in [0.29, 0.717) is 11.8 Å². The minimum Gasteiger partial charge on any atom is -0.310 e. The van der Waals surface area contributed by atoms with Gasteiger partial charge in [-0.05, 0) is 159 Å². The molecule has 290 valence electrons. The van der Waals surface area contributed by atoms with E-state index in [1.807, 2.05) is 11.8 Å². The molecule has 0 radical (unpaired) electrons. The van der Waals surface area contributed by atoms with Gasteiger partial charge in [-0.2, -0.15) is 0 Å². The third-order valence-electron chi connectivity index (χ3n) is 16.5. The first-order valence-corrected chi connectivity index (χ1v) is 23.0. The molecule has 2 heteroatoms. The molecule has 7 aliphatic rings. The van der Waals surface area contributed by atoms with E-state index in [2.05, 4.69) is 174 Å². The van der Waals surface area contributed by atoms with Crippen LogP contribution in [0, 0.1) is 23.7 Å². The Morgan fingerprint density at radius 2 is 1.24 bits per heavy atom. The van der Waals surface area contributed by atoms with E-state index in [4.69, 9.17) is 0 Å². The lowest BCUT2D eigenvalue weighted by Crippen LogP contribution is -2.44. The lowest BCUT2D eigenvalue weighted by molar-refractivity contribution is 0.181. The third-order valence-corrected chi connectivity index (χ3v) is 17.7. The van der Waals surface area contributed by atoms with Crippen LogP contribution < -0.4 is 4.90 Å². The molecule has 0 amide bonds. The van der Waals surface area contributed by atoms with Crippen LogP contribution in [0.15, 0.2) is 137 Å². The molecule has 0 aromatic heterocycles. The van der Waals surface area contributed by atoms with Crippen molar-refractivity contribution in [1.82, 2.24) is 0 Å². The first-order valence-electron chi connectivity index (χ1n) is 22.2. The van der Waals surface area contributed by atoms with Crippen LogP contribution in [-0.2, 0) is 21.7 Å². The molecule has 58 heavy (non-hydrogen) atoms. The van der Waals surface area contributed by atoms with E-state index in [-0.39, 0.29) is 21.7 Å². The third kappa shape index (κ3) is 4.67. The summed E-state index contributed by atoms with van der Waals surface area (Å²) in [6.45, 7) is 14.8. The van der Waals surface area contributed by atoms with E-state index >= 15 is 0 Å². The van der Waals surface area contributed by atoms with Gasteiger partial charge in [0.2, 0.25) is 0 Å². The van der Waals surface area contributed by atoms with Crippen molar-refractivity contribution in [3.8, 4) is 22.3 Å². The summed E-state index contributed by atoms with van der Waals surface area (Å²) in [5, 5.41) is 0. The molecule has 1 heterocycles. The Kier molecular flexibility index (Phi) is 7.35. The Morgan fingerprint density at radius 3 is 2.07 bits per heavy atom. The van der Waals surface area contributed by atoms with E-state index in [9.17, 15) is 0 Å². The number of anilines is 3. The number of hydrogen-bond donors (Lipinski definition) is 0. The molecule has 6 aromatic carbocycles. The van der Waals surface area contributed by atoms with E-state index < -0.39 is 0 Å². The Balaban J connectivity index is 1.18. The average Bonchev–Trinajstić information content (AvgIpc) is 3.74. The van der Waals surface area contributed by atoms with Crippen molar-refractivity contribution in [1.29, 1.82) is 0 Å². The molecule has 5 atom stereocenters. The van der Waals surface area contributed by atoms with Crippen molar-refractivity contribution in [3.63, 3.8) is 0 Å². The van der Waals surface area contributed by atoms with Crippen molar-refractivity contribution < 1.29 is 0 Å². The van der Waals surface area contributed by atoms with Crippen molar-refractivity contribution in [2.45, 2.75) is 112 Å². The van der Waals surface area contributed by atoms with Crippen LogP contribution in [0.5, 0.6) is 0 Å². The fourth-order valence-corrected chi connectivity index (χ4v) is 15.2. The largest absolute Gasteiger partial charge is 0.310 e. The molecular formula is C56H55NS. The van der Waals surface area contributed by atoms with Gasteiger partial charge in [-0.15, -0.1) is 0 Å². The smallest absolute Gasteiger partial charge is 0.0544 e. The topological polar surface area (TPSA) is 3.24 Å². The Bertz CT molecular complexity index is 2680. The van der Waals surface area contributed by atoms with Crippen LogP contribution >= 0.6 is 11.8 Å². The maximum atomic E-state index is 2.75. The monoisotopic (exact) mass is 773 g/mol. The molecule has 6 aliphatic carbocycles. The number of rotatable bonds is 4. The molecule has 1 spiro atoms. The highest BCUT2D eigenvalue weighted by Gasteiger charge is 2.65. The van der Waals surface area contributed by atoms with Crippen molar-refractivity contribution >= 4 is 28.8 Å². The maximum Gasteiger partial charge on any atom is 0.0544 e. The van der Waals surface area contributed by atoms with Gasteiger partial charge in [0.1, 0.15) is 0 Å². The van der Waals surface area contributed by atoms with Gasteiger partial charge in [-0.3, -0.25) is 0 Å². The zero-order valence-corrected chi connectivity index (χ0v) is 35.8. The van der Waals surface area contributed by atoms with Crippen LogP contribution in [0.25, 0.3) is 22.3 Å². The zero-order chi connectivity index (χ0) is 39.3. The average molecular weight is 774 g/mol. The summed E-state index contributed by atoms with van der Waals surface area (Å²) in [5.74, 6) is 3.16. The number of fused-ring (bicyclic) bond motifs is 6. The van der Waals surface area contributed by atoms with E-state index in [1.165, 1.54) is 110 Å². The number of benzene rings is 6. The van der Waals surface area contributed by atoms with Crippen LogP contribution in [0.3, 0.4) is 0 Å². The molecule has 5 unspecified atom stereocenters. The van der Waals surface area contributed by atoms with Crippen molar-refractivity contribution in [3.05, 3.63) is 161 Å². The van der Waals surface area contributed by atoms with E-state index in [1.54, 1.807) is 11.1 Å². The summed E-state index contributed by atoms with van der Waals surface area (Å²) in [4.78, 5) is 5.70. The van der Waals surface area contributed by atoms with Crippen LogP contribution in [0.4, 0.5) is 17.1 Å². The highest BCUT2D eigenvalue weighted by molar-refractivity contribution is 7.99. The van der Waals surface area contributed by atoms with Gasteiger partial charge >= 0.3 is 0 Å². The van der Waals surface area contributed by atoms with Gasteiger partial charge in [-0.1, -0.05) is 144 Å². The molecule has 1 nitrogen and oxygen atoms in total. The van der Waals surface area contributed by atoms with E-state index in [0.717, 1.165) is 11.8 Å². The quantitative estimate of drug-likeness (QED) is 0.176. The standard InChI is InChI=1S/C56H55NS/c1-53(2)25-26-54(3,4)52-44(53)20-14-21-48(52)57(38-23-24-40-39-17-10-11-18-42(39)55(5,6)46(40)31-38)49-33-47-51(32-41(49)35-15-8-7-9-16-35)58-50-22-13-12-19-43(50)56(47)37-28-34-27-36(30-37)45(56)29-34/h7-24,31-34,36-37,45H,25-30H2,1-6H3. The normalized spacial score (nSPS) is 26.8. The van der Waals surface area contributed by atoms with Crippen LogP contribution in [0.2, 0.25) is 0 Å². The summed E-state index contributed by atoms with van der Waals surface area (Å²) >= 11 is 2.03. The van der Waals surface area contributed by atoms with Gasteiger partial charge in [0.05, 0.1) is 11.4 Å². The van der Waals surface area contributed by atoms with Gasteiger partial charge in [0.15, 0.2) is 0 Å². The van der Waals surface area contributed by atoms with Crippen LogP contribution in [-0.4, -0.2) is 0 Å².